The van der Waals surface area contributed by atoms with Gasteiger partial charge in [-0.2, -0.15) is 0 Å². The van der Waals surface area contributed by atoms with E-state index in [2.05, 4.69) is 10.6 Å². The molecule has 9 nitrogen and oxygen atoms in total. The fourth-order valence-electron chi connectivity index (χ4n) is 3.18. The minimum Gasteiger partial charge on any atom is -0.497 e. The van der Waals surface area contributed by atoms with Crippen LogP contribution in [0.4, 0.5) is 0 Å². The van der Waals surface area contributed by atoms with Crippen molar-refractivity contribution in [1.82, 2.24) is 15.5 Å². The van der Waals surface area contributed by atoms with Crippen LogP contribution in [0.1, 0.15) is 12.5 Å². The summed E-state index contributed by atoms with van der Waals surface area (Å²) in [4.78, 5) is 39.7. The van der Waals surface area contributed by atoms with Gasteiger partial charge in [-0.15, -0.1) is 0 Å². The number of nitrogens with one attached hydrogen (secondary N) is 2. The summed E-state index contributed by atoms with van der Waals surface area (Å²) in [7, 11) is 3.43. The van der Waals surface area contributed by atoms with Gasteiger partial charge in [0.1, 0.15) is 23.4 Å². The molecule has 164 valence electrons. The van der Waals surface area contributed by atoms with Crippen molar-refractivity contribution in [2.24, 2.45) is 0 Å². The Bertz CT molecular complexity index is 777. The summed E-state index contributed by atoms with van der Waals surface area (Å²) < 4.78 is 15.7. The van der Waals surface area contributed by atoms with Gasteiger partial charge in [-0.3, -0.25) is 19.3 Å². The molecule has 0 aromatic heterocycles. The van der Waals surface area contributed by atoms with Gasteiger partial charge >= 0.3 is 0 Å². The van der Waals surface area contributed by atoms with Gasteiger partial charge in [0, 0.05) is 13.0 Å². The number of rotatable bonds is 9. The monoisotopic (exact) mass is 419 g/mol. The first kappa shape index (κ1) is 22.2. The third-order valence-electron chi connectivity index (χ3n) is 5.52. The highest BCUT2D eigenvalue weighted by Gasteiger charge is 2.46. The van der Waals surface area contributed by atoms with Crippen LogP contribution in [0.2, 0.25) is 0 Å². The highest BCUT2D eigenvalue weighted by molar-refractivity contribution is 5.95. The Labute approximate surface area is 176 Å². The molecule has 0 bridgehead atoms. The van der Waals surface area contributed by atoms with Gasteiger partial charge < -0.3 is 24.8 Å². The quantitative estimate of drug-likeness (QED) is 0.521. The van der Waals surface area contributed by atoms with Crippen molar-refractivity contribution in [3.63, 3.8) is 0 Å². The minimum atomic E-state index is -0.832. The van der Waals surface area contributed by atoms with Gasteiger partial charge in [0.15, 0.2) is 5.78 Å². The topological polar surface area (TPSA) is 110 Å². The molecule has 0 saturated carbocycles. The molecule has 2 amide bonds. The SMILES string of the molecule is COc1ccc(CC(NC(=O)C2COCCN2C)C(=O)NCC(=O)C2(C)CO2)cc1. The number of carbonyl (C=O) groups is 3. The van der Waals surface area contributed by atoms with Crippen LogP contribution in [0, 0.1) is 0 Å². The molecule has 2 aliphatic heterocycles. The Kier molecular flexibility index (Phi) is 7.06. The zero-order valence-corrected chi connectivity index (χ0v) is 17.6. The van der Waals surface area contributed by atoms with Crippen LogP contribution in [0.5, 0.6) is 5.75 Å². The van der Waals surface area contributed by atoms with E-state index in [4.69, 9.17) is 14.2 Å². The zero-order chi connectivity index (χ0) is 21.7. The third-order valence-corrected chi connectivity index (χ3v) is 5.52. The second-order valence-corrected chi connectivity index (χ2v) is 7.85. The maximum atomic E-state index is 12.8. The van der Waals surface area contributed by atoms with Crippen molar-refractivity contribution in [3.8, 4) is 5.75 Å². The molecule has 2 heterocycles. The second-order valence-electron chi connectivity index (χ2n) is 7.85. The molecule has 3 atom stereocenters. The maximum absolute atomic E-state index is 12.8. The lowest BCUT2D eigenvalue weighted by molar-refractivity contribution is -0.135. The molecule has 2 aliphatic rings. The smallest absolute Gasteiger partial charge is 0.243 e. The summed E-state index contributed by atoms with van der Waals surface area (Å²) >= 11 is 0. The maximum Gasteiger partial charge on any atom is 0.243 e. The number of methoxy groups -OCH3 is 1. The number of ketones is 1. The summed E-state index contributed by atoms with van der Waals surface area (Å²) in [5.41, 5.74) is 0.0535. The lowest BCUT2D eigenvalue weighted by atomic mass is 10.0. The van der Waals surface area contributed by atoms with Gasteiger partial charge in [0.25, 0.3) is 0 Å². The molecule has 1 aromatic rings. The lowest BCUT2D eigenvalue weighted by Crippen LogP contribution is -2.57. The first-order valence-electron chi connectivity index (χ1n) is 9.98. The van der Waals surface area contributed by atoms with Crippen molar-refractivity contribution >= 4 is 17.6 Å². The van der Waals surface area contributed by atoms with E-state index in [0.717, 1.165) is 5.56 Å². The van der Waals surface area contributed by atoms with Crippen molar-refractivity contribution in [1.29, 1.82) is 0 Å². The molecule has 1 aromatic carbocycles. The number of nitrogens with zero attached hydrogens (tertiary/aromatic N) is 1. The number of morpholine rings is 1. The van der Waals surface area contributed by atoms with E-state index in [9.17, 15) is 14.4 Å². The zero-order valence-electron chi connectivity index (χ0n) is 17.6. The van der Waals surface area contributed by atoms with E-state index >= 15 is 0 Å². The van der Waals surface area contributed by atoms with Crippen molar-refractivity contribution in [3.05, 3.63) is 29.8 Å². The minimum absolute atomic E-state index is 0.142. The number of amides is 2. The Hall–Kier alpha value is -2.49. The summed E-state index contributed by atoms with van der Waals surface area (Å²) in [6.07, 6.45) is 0.279. The van der Waals surface area contributed by atoms with E-state index in [0.29, 0.717) is 25.5 Å². The van der Waals surface area contributed by atoms with Crippen LogP contribution < -0.4 is 15.4 Å². The Morgan fingerprint density at radius 3 is 2.60 bits per heavy atom. The number of hydrogen-bond acceptors (Lipinski definition) is 7. The van der Waals surface area contributed by atoms with E-state index in [1.165, 1.54) is 0 Å². The van der Waals surface area contributed by atoms with E-state index in [-0.39, 0.29) is 31.3 Å². The predicted molar refractivity (Wildman–Crippen MR) is 108 cm³/mol. The molecular weight excluding hydrogens is 390 g/mol. The standard InChI is InChI=1S/C21H29N3O6/c1-21(13-30-21)18(25)11-22-19(26)16(10-14-4-6-15(28-3)7-5-14)23-20(27)17-12-29-9-8-24(17)2/h4-7,16-17H,8-13H2,1-3H3,(H,22,26)(H,23,27). The Morgan fingerprint density at radius 1 is 1.30 bits per heavy atom. The number of Topliss-reactive ketones (excluding diaryl/α,β-unsaturated/α-hetero) is 1. The average molecular weight is 419 g/mol. The molecule has 0 radical (unpaired) electrons. The number of hydrogen-bond donors (Lipinski definition) is 2. The van der Waals surface area contributed by atoms with Crippen molar-refractivity contribution < 1.29 is 28.6 Å². The molecule has 30 heavy (non-hydrogen) atoms. The predicted octanol–water partition coefficient (Wildman–Crippen LogP) is -0.473. The number of carbonyl (C=O) groups excluding carboxylic acids is 3. The molecular formula is C21H29N3O6. The van der Waals surface area contributed by atoms with Crippen molar-refractivity contribution in [2.45, 2.75) is 31.0 Å². The van der Waals surface area contributed by atoms with E-state index < -0.39 is 23.6 Å². The molecule has 0 aliphatic carbocycles. The fraction of sp³-hybridized carbons (Fsp3) is 0.571. The summed E-state index contributed by atoms with van der Waals surface area (Å²) in [5.74, 6) is -0.190. The largest absolute Gasteiger partial charge is 0.497 e. The molecule has 3 rings (SSSR count). The Balaban J connectivity index is 1.66. The lowest BCUT2D eigenvalue weighted by Gasteiger charge is -2.32. The van der Waals surface area contributed by atoms with Gasteiger partial charge in [-0.1, -0.05) is 12.1 Å². The normalized spacial score (nSPS) is 24.6. The van der Waals surface area contributed by atoms with Crippen LogP contribution in [-0.4, -0.2) is 87.2 Å². The number of benzene rings is 1. The summed E-state index contributed by atoms with van der Waals surface area (Å²) in [6.45, 7) is 3.39. The summed E-state index contributed by atoms with van der Waals surface area (Å²) in [6, 6.07) is 5.97. The highest BCUT2D eigenvalue weighted by atomic mass is 16.6. The van der Waals surface area contributed by atoms with Crippen LogP contribution in [0.3, 0.4) is 0 Å². The molecule has 0 spiro atoms. The van der Waals surface area contributed by atoms with Gasteiger partial charge in [0.05, 0.1) is 33.5 Å². The van der Waals surface area contributed by atoms with Crippen LogP contribution in [0.15, 0.2) is 24.3 Å². The van der Waals surface area contributed by atoms with Crippen LogP contribution in [0.25, 0.3) is 0 Å². The first-order chi connectivity index (χ1) is 14.3. The van der Waals surface area contributed by atoms with Crippen LogP contribution >= 0.6 is 0 Å². The fourth-order valence-corrected chi connectivity index (χ4v) is 3.18. The first-order valence-corrected chi connectivity index (χ1v) is 9.98. The van der Waals surface area contributed by atoms with E-state index in [1.807, 2.05) is 24.1 Å². The van der Waals surface area contributed by atoms with E-state index in [1.54, 1.807) is 26.2 Å². The third kappa shape index (κ3) is 5.56. The van der Waals surface area contributed by atoms with Gasteiger partial charge in [-0.05, 0) is 31.7 Å². The molecule has 2 saturated heterocycles. The summed E-state index contributed by atoms with van der Waals surface area (Å²) in [5, 5.41) is 5.46. The molecule has 2 fully saturated rings. The number of epoxide rings is 1. The number of ether oxygens (including phenoxy) is 3. The number of likely N-dealkylation sites (N-methyl/N-ethyl adjacent to an activating group) is 1. The average Bonchev–Trinajstić information content (AvgIpc) is 3.50. The second kappa shape index (κ2) is 9.55. The van der Waals surface area contributed by atoms with Crippen molar-refractivity contribution in [2.75, 3.05) is 47.1 Å². The molecule has 9 heteroatoms. The van der Waals surface area contributed by atoms with Gasteiger partial charge in [-0.25, -0.2) is 0 Å². The van der Waals surface area contributed by atoms with Crippen LogP contribution in [-0.2, 0) is 30.3 Å². The van der Waals surface area contributed by atoms with Gasteiger partial charge in [0.2, 0.25) is 11.8 Å². The molecule has 3 unspecified atom stereocenters. The Morgan fingerprint density at radius 2 is 2.00 bits per heavy atom. The highest BCUT2D eigenvalue weighted by Crippen LogP contribution is 2.26. The molecule has 2 N–H and O–H groups in total.